The van der Waals surface area contributed by atoms with Crippen molar-refractivity contribution < 1.29 is 15.0 Å². The number of phenolic OH excluding ortho intramolecular Hbond substituents is 2. The first-order chi connectivity index (χ1) is 15.1. The molecule has 2 aliphatic rings. The zero-order chi connectivity index (χ0) is 21.6. The molecule has 0 aromatic heterocycles. The van der Waals surface area contributed by atoms with Crippen molar-refractivity contribution in [2.45, 2.75) is 44.7 Å². The number of benzene rings is 2. The smallest absolute Gasteiger partial charge is 0.254 e. The van der Waals surface area contributed by atoms with Crippen LogP contribution < -0.4 is 5.32 Å². The fourth-order valence-electron chi connectivity index (χ4n) is 4.74. The van der Waals surface area contributed by atoms with Gasteiger partial charge in [0.1, 0.15) is 0 Å². The van der Waals surface area contributed by atoms with Crippen LogP contribution in [0.1, 0.15) is 59.6 Å². The van der Waals surface area contributed by atoms with Crippen molar-refractivity contribution in [1.29, 1.82) is 0 Å². The Bertz CT molecular complexity index is 895. The number of likely N-dealkylation sites (tertiary alicyclic amines) is 2. The van der Waals surface area contributed by atoms with Crippen LogP contribution in [0.3, 0.4) is 0 Å². The molecule has 1 unspecified atom stereocenters. The van der Waals surface area contributed by atoms with E-state index in [1.54, 1.807) is 6.07 Å². The summed E-state index contributed by atoms with van der Waals surface area (Å²) in [6, 6.07) is 12.8. The van der Waals surface area contributed by atoms with Gasteiger partial charge in [-0.15, -0.1) is 0 Å². The number of rotatable bonds is 7. The summed E-state index contributed by atoms with van der Waals surface area (Å²) in [5, 5.41) is 22.9. The summed E-state index contributed by atoms with van der Waals surface area (Å²) < 4.78 is 0. The standard InChI is InChI=1S/C25H33N3O3/c29-23-10-9-21(17-24(23)30)25(31)28-14-5-8-22(28)20-7-4-6-19(16-20)18-26-11-15-27-12-2-1-3-13-27/h4,6-7,9-10,16-17,22,26,29-30H,1-3,5,8,11-15,18H2. The Kier molecular flexibility index (Phi) is 7.10. The largest absolute Gasteiger partial charge is 0.504 e. The molecule has 2 aliphatic heterocycles. The van der Waals surface area contributed by atoms with E-state index in [1.807, 2.05) is 4.90 Å². The van der Waals surface area contributed by atoms with Crippen LogP contribution in [0.5, 0.6) is 11.5 Å². The van der Waals surface area contributed by atoms with E-state index in [2.05, 4.69) is 34.5 Å². The number of carbonyl (C=O) groups excluding carboxylic acids is 1. The number of nitrogens with zero attached hydrogens (tertiary/aromatic N) is 2. The zero-order valence-corrected chi connectivity index (χ0v) is 18.1. The summed E-state index contributed by atoms with van der Waals surface area (Å²) in [4.78, 5) is 17.5. The van der Waals surface area contributed by atoms with E-state index in [4.69, 9.17) is 0 Å². The van der Waals surface area contributed by atoms with Crippen LogP contribution in [0.4, 0.5) is 0 Å². The van der Waals surface area contributed by atoms with Crippen molar-refractivity contribution in [2.24, 2.45) is 0 Å². The molecule has 3 N–H and O–H groups in total. The molecule has 1 atom stereocenters. The molecule has 1 amide bonds. The molecule has 0 bridgehead atoms. The first-order valence-corrected chi connectivity index (χ1v) is 11.5. The molecule has 2 saturated heterocycles. The van der Waals surface area contributed by atoms with Crippen LogP contribution in [0.15, 0.2) is 42.5 Å². The average Bonchev–Trinajstić information content (AvgIpc) is 3.29. The number of hydrogen-bond donors (Lipinski definition) is 3. The zero-order valence-electron chi connectivity index (χ0n) is 18.1. The first-order valence-electron chi connectivity index (χ1n) is 11.5. The Hall–Kier alpha value is -2.57. The molecule has 6 heteroatoms. The van der Waals surface area contributed by atoms with E-state index in [-0.39, 0.29) is 23.4 Å². The highest BCUT2D eigenvalue weighted by molar-refractivity contribution is 5.95. The topological polar surface area (TPSA) is 76.0 Å². The molecule has 2 aromatic rings. The Balaban J connectivity index is 1.36. The number of amides is 1. The van der Waals surface area contributed by atoms with Crippen LogP contribution in [0.25, 0.3) is 0 Å². The maximum absolute atomic E-state index is 13.1. The van der Waals surface area contributed by atoms with Crippen molar-refractivity contribution in [3.63, 3.8) is 0 Å². The third kappa shape index (κ3) is 5.38. The van der Waals surface area contributed by atoms with Gasteiger partial charge in [-0.25, -0.2) is 0 Å². The van der Waals surface area contributed by atoms with E-state index in [0.717, 1.165) is 38.0 Å². The molecule has 6 nitrogen and oxygen atoms in total. The van der Waals surface area contributed by atoms with Crippen LogP contribution in [-0.4, -0.2) is 58.6 Å². The van der Waals surface area contributed by atoms with Crippen molar-refractivity contribution in [2.75, 3.05) is 32.7 Å². The van der Waals surface area contributed by atoms with Gasteiger partial charge in [0.25, 0.3) is 5.91 Å². The molecular weight excluding hydrogens is 390 g/mol. The van der Waals surface area contributed by atoms with Gasteiger partial charge in [-0.05, 0) is 68.1 Å². The van der Waals surface area contributed by atoms with Crippen LogP contribution >= 0.6 is 0 Å². The predicted molar refractivity (Wildman–Crippen MR) is 121 cm³/mol. The number of carbonyl (C=O) groups is 1. The minimum atomic E-state index is -0.265. The maximum Gasteiger partial charge on any atom is 0.254 e. The van der Waals surface area contributed by atoms with Gasteiger partial charge in [0.2, 0.25) is 0 Å². The highest BCUT2D eigenvalue weighted by Crippen LogP contribution is 2.34. The summed E-state index contributed by atoms with van der Waals surface area (Å²) in [5.41, 5.74) is 2.79. The number of aromatic hydroxyl groups is 2. The van der Waals surface area contributed by atoms with Crippen molar-refractivity contribution >= 4 is 5.91 Å². The number of nitrogens with one attached hydrogen (secondary N) is 1. The summed E-state index contributed by atoms with van der Waals surface area (Å²) in [6.07, 6.45) is 5.90. The molecule has 2 aromatic carbocycles. The Labute approximate surface area is 184 Å². The fourth-order valence-corrected chi connectivity index (χ4v) is 4.74. The van der Waals surface area contributed by atoms with Crippen molar-refractivity contribution in [3.8, 4) is 11.5 Å². The third-order valence-corrected chi connectivity index (χ3v) is 6.45. The number of piperidine rings is 1. The first kappa shape index (κ1) is 21.7. The van der Waals surface area contributed by atoms with Gasteiger partial charge in [-0.3, -0.25) is 4.79 Å². The SMILES string of the molecule is O=C(c1ccc(O)c(O)c1)N1CCCC1c1cccc(CNCCN2CCCCC2)c1. The molecule has 2 heterocycles. The minimum Gasteiger partial charge on any atom is -0.504 e. The summed E-state index contributed by atoms with van der Waals surface area (Å²) >= 11 is 0. The highest BCUT2D eigenvalue weighted by Gasteiger charge is 2.31. The molecule has 31 heavy (non-hydrogen) atoms. The van der Waals surface area contributed by atoms with Crippen LogP contribution in [0, 0.1) is 0 Å². The fraction of sp³-hybridized carbons (Fsp3) is 0.480. The lowest BCUT2D eigenvalue weighted by Crippen LogP contribution is -2.35. The lowest BCUT2D eigenvalue weighted by atomic mass is 10.0. The molecule has 2 fully saturated rings. The van der Waals surface area contributed by atoms with Gasteiger partial charge in [-0.2, -0.15) is 0 Å². The third-order valence-electron chi connectivity index (χ3n) is 6.45. The minimum absolute atomic E-state index is 0.0387. The van der Waals surface area contributed by atoms with Gasteiger partial charge >= 0.3 is 0 Å². The molecule has 4 rings (SSSR count). The molecule has 0 radical (unpaired) electrons. The molecule has 166 valence electrons. The molecule has 0 spiro atoms. The van der Waals surface area contributed by atoms with E-state index in [9.17, 15) is 15.0 Å². The van der Waals surface area contributed by atoms with E-state index >= 15 is 0 Å². The van der Waals surface area contributed by atoms with Crippen LogP contribution in [0.2, 0.25) is 0 Å². The van der Waals surface area contributed by atoms with E-state index in [0.29, 0.717) is 12.1 Å². The van der Waals surface area contributed by atoms with Gasteiger partial charge in [0.05, 0.1) is 6.04 Å². The number of phenols is 2. The van der Waals surface area contributed by atoms with Gasteiger partial charge in [0.15, 0.2) is 11.5 Å². The summed E-state index contributed by atoms with van der Waals surface area (Å²) in [5.74, 6) is -0.586. The molecule has 0 aliphatic carbocycles. The Morgan fingerprint density at radius 2 is 1.81 bits per heavy atom. The molecule has 0 saturated carbocycles. The van der Waals surface area contributed by atoms with Gasteiger partial charge < -0.3 is 25.3 Å². The summed E-state index contributed by atoms with van der Waals surface area (Å²) in [6.45, 7) is 6.06. The lowest BCUT2D eigenvalue weighted by Gasteiger charge is -2.26. The normalized spacial score (nSPS) is 19.6. The lowest BCUT2D eigenvalue weighted by molar-refractivity contribution is 0.0735. The van der Waals surface area contributed by atoms with Gasteiger partial charge in [-0.1, -0.05) is 30.7 Å². The Morgan fingerprint density at radius 3 is 2.61 bits per heavy atom. The van der Waals surface area contributed by atoms with E-state index in [1.165, 1.54) is 50.0 Å². The quantitative estimate of drug-likeness (QED) is 0.468. The predicted octanol–water partition coefficient (Wildman–Crippen LogP) is 3.65. The monoisotopic (exact) mass is 423 g/mol. The summed E-state index contributed by atoms with van der Waals surface area (Å²) in [7, 11) is 0. The highest BCUT2D eigenvalue weighted by atomic mass is 16.3. The second-order valence-corrected chi connectivity index (χ2v) is 8.68. The van der Waals surface area contributed by atoms with Gasteiger partial charge in [0, 0.05) is 31.7 Å². The van der Waals surface area contributed by atoms with Crippen molar-refractivity contribution in [1.82, 2.24) is 15.1 Å². The van der Waals surface area contributed by atoms with Crippen molar-refractivity contribution in [3.05, 3.63) is 59.2 Å². The average molecular weight is 424 g/mol. The second-order valence-electron chi connectivity index (χ2n) is 8.68. The Morgan fingerprint density at radius 1 is 0.968 bits per heavy atom. The number of hydrogen-bond acceptors (Lipinski definition) is 5. The van der Waals surface area contributed by atoms with Crippen LogP contribution in [-0.2, 0) is 6.54 Å². The van der Waals surface area contributed by atoms with E-state index < -0.39 is 0 Å². The second kappa shape index (κ2) is 10.2. The molecular formula is C25H33N3O3. The maximum atomic E-state index is 13.1.